The van der Waals surface area contributed by atoms with Gasteiger partial charge in [0.05, 0.1) is 22.4 Å². The molecule has 17 heteroatoms. The topological polar surface area (TPSA) is 191 Å². The van der Waals surface area contributed by atoms with Gasteiger partial charge in [0.25, 0.3) is 11.8 Å². The molecule has 0 saturated carbocycles. The number of piperidine rings is 2. The van der Waals surface area contributed by atoms with Gasteiger partial charge in [-0.15, -0.1) is 13.2 Å². The Morgan fingerprint density at radius 1 is 0.684 bits per heavy atom. The van der Waals surface area contributed by atoms with Gasteiger partial charge in [-0.05, 0) is 68.5 Å². The zero-order valence-corrected chi connectivity index (χ0v) is 30.7. The van der Waals surface area contributed by atoms with E-state index >= 15 is 0 Å². The van der Waals surface area contributed by atoms with E-state index in [0.717, 1.165) is 61.8 Å². The molecule has 2 fully saturated rings. The number of aromatic nitrogens is 6. The summed E-state index contributed by atoms with van der Waals surface area (Å²) in [6, 6.07) is 25.9. The first kappa shape index (κ1) is 38.5. The van der Waals surface area contributed by atoms with Crippen molar-refractivity contribution < 1.29 is 27.5 Å². The molecule has 14 nitrogen and oxygen atoms in total. The van der Waals surface area contributed by atoms with E-state index in [9.17, 15) is 27.6 Å². The minimum atomic E-state index is -4.79. The number of nitrogens with two attached hydrogens (primary N) is 2. The highest BCUT2D eigenvalue weighted by atomic mass is 19.4. The Balaban J connectivity index is 0.000000177. The van der Waals surface area contributed by atoms with Crippen LogP contribution >= 0.6 is 0 Å². The van der Waals surface area contributed by atoms with E-state index in [1.807, 2.05) is 64.1 Å². The second-order valence-electron chi connectivity index (χ2n) is 13.6. The van der Waals surface area contributed by atoms with Crippen LogP contribution in [0.4, 0.5) is 25.1 Å². The number of imidazole rings is 1. The fraction of sp³-hybridized carbons (Fsp3) is 0.275. The molecule has 0 unspecified atom stereocenters. The van der Waals surface area contributed by atoms with E-state index in [2.05, 4.69) is 29.6 Å². The molecule has 0 radical (unpaired) electrons. The number of benzene rings is 3. The molecule has 2 aliphatic rings. The van der Waals surface area contributed by atoms with Crippen molar-refractivity contribution in [3.05, 3.63) is 113 Å². The molecule has 3 aromatic heterocycles. The number of ether oxygens (including phenoxy) is 1. The minimum Gasteiger partial charge on any atom is -0.406 e. The van der Waals surface area contributed by atoms with E-state index in [1.165, 1.54) is 24.3 Å². The summed E-state index contributed by atoms with van der Waals surface area (Å²) in [7, 11) is 0. The molecule has 8 rings (SSSR count). The Morgan fingerprint density at radius 2 is 1.25 bits per heavy atom. The van der Waals surface area contributed by atoms with E-state index in [1.54, 1.807) is 12.1 Å². The predicted octanol–water partition coefficient (Wildman–Crippen LogP) is 5.86. The third-order valence-corrected chi connectivity index (χ3v) is 9.74. The van der Waals surface area contributed by atoms with Crippen LogP contribution in [0.3, 0.4) is 0 Å². The third-order valence-electron chi connectivity index (χ3n) is 9.74. The molecule has 2 saturated heterocycles. The first-order chi connectivity index (χ1) is 27.4. The molecule has 2 aliphatic heterocycles. The molecule has 5 N–H and O–H groups in total. The molecule has 5 heterocycles. The Bertz CT molecular complexity index is 2440. The van der Waals surface area contributed by atoms with Crippen molar-refractivity contribution >= 4 is 34.7 Å². The highest BCUT2D eigenvalue weighted by Crippen LogP contribution is 2.30. The summed E-state index contributed by atoms with van der Waals surface area (Å²) in [5.41, 5.74) is 15.0. The van der Waals surface area contributed by atoms with E-state index in [-0.39, 0.29) is 28.9 Å². The van der Waals surface area contributed by atoms with Gasteiger partial charge in [0.15, 0.2) is 0 Å². The molecular formula is C40H39F3N10O4. The van der Waals surface area contributed by atoms with Gasteiger partial charge in [0, 0.05) is 43.3 Å². The molecule has 0 aliphatic carbocycles. The van der Waals surface area contributed by atoms with Gasteiger partial charge in [0.1, 0.15) is 17.1 Å². The lowest BCUT2D eigenvalue weighted by molar-refractivity contribution is -0.274. The number of rotatable bonds is 8. The molecule has 0 atom stereocenters. The number of carbonyl (C=O) groups is 2. The molecular weight excluding hydrogens is 741 g/mol. The van der Waals surface area contributed by atoms with Gasteiger partial charge in [0.2, 0.25) is 11.9 Å². The van der Waals surface area contributed by atoms with Gasteiger partial charge in [-0.25, -0.2) is 24.7 Å². The summed E-state index contributed by atoms with van der Waals surface area (Å²) >= 11 is 0. The van der Waals surface area contributed by atoms with E-state index in [0.29, 0.717) is 41.9 Å². The third kappa shape index (κ3) is 9.20. The van der Waals surface area contributed by atoms with Gasteiger partial charge < -0.3 is 31.0 Å². The lowest BCUT2D eigenvalue weighted by atomic mass is 10.0. The van der Waals surface area contributed by atoms with E-state index in [4.69, 9.17) is 16.5 Å². The van der Waals surface area contributed by atoms with Gasteiger partial charge in [-0.1, -0.05) is 54.6 Å². The number of nitrogens with zero attached hydrogens (tertiary/aromatic N) is 7. The fourth-order valence-electron chi connectivity index (χ4n) is 7.02. The summed E-state index contributed by atoms with van der Waals surface area (Å²) in [5.74, 6) is -0.845. The molecule has 57 heavy (non-hydrogen) atoms. The zero-order chi connectivity index (χ0) is 40.1. The van der Waals surface area contributed by atoms with Crippen LogP contribution < -0.4 is 31.7 Å². The SMILES string of the molecule is NC(=O)c1cc(-c2cccc(OC(F)(F)F)c2)nc(N2CCCCC2)n1.NC(=O)c1cc(-c2ccccc2)nc(N2CCC(n3c(=O)[nH]c4ccccc43)CC2)n1. The first-order valence-corrected chi connectivity index (χ1v) is 18.4. The minimum absolute atomic E-state index is 0.0118. The number of nitrogens with one attached hydrogen (secondary N) is 1. The standard InChI is InChI=1S/C23H22N6O2.C17H17F3N4O2/c24-21(30)19-14-18(15-6-2-1-3-7-15)25-22(26-19)28-12-10-16(11-13-28)29-20-9-5-4-8-17(20)27-23(29)31;18-17(19,20)26-12-6-4-5-11(9-12)13-10-14(15(21)25)23-16(22-13)24-7-2-1-3-8-24/h1-9,14,16H,10-13H2,(H2,24,30)(H,27,31);4-6,9-10H,1-3,7-8H2,(H2,21,25). The lowest BCUT2D eigenvalue weighted by Crippen LogP contribution is -2.38. The number of primary amides is 2. The highest BCUT2D eigenvalue weighted by molar-refractivity contribution is 5.93. The quantitative estimate of drug-likeness (QED) is 0.169. The molecule has 0 spiro atoms. The van der Waals surface area contributed by atoms with Crippen LogP contribution in [0.5, 0.6) is 5.75 Å². The number of aromatic amines is 1. The number of alkyl halides is 3. The Kier molecular flexibility index (Phi) is 11.2. The van der Waals surface area contributed by atoms with E-state index < -0.39 is 18.2 Å². The van der Waals surface area contributed by atoms with Crippen LogP contribution in [0.2, 0.25) is 0 Å². The average Bonchev–Trinajstić information content (AvgIpc) is 3.56. The van der Waals surface area contributed by atoms with Gasteiger partial charge >= 0.3 is 12.1 Å². The Hall–Kier alpha value is -6.78. The second kappa shape index (κ2) is 16.5. The number of hydrogen-bond donors (Lipinski definition) is 3. The summed E-state index contributed by atoms with van der Waals surface area (Å²) in [5, 5.41) is 0. The van der Waals surface area contributed by atoms with Crippen LogP contribution in [0.25, 0.3) is 33.5 Å². The molecule has 294 valence electrons. The molecule has 6 aromatic rings. The Labute approximate surface area is 324 Å². The second-order valence-corrected chi connectivity index (χ2v) is 13.6. The van der Waals surface area contributed by atoms with Crippen molar-refractivity contribution in [2.24, 2.45) is 11.5 Å². The van der Waals surface area contributed by atoms with Crippen molar-refractivity contribution in [3.8, 4) is 28.3 Å². The number of H-pyrrole nitrogens is 1. The summed E-state index contributed by atoms with van der Waals surface area (Å²) in [6.45, 7) is 2.85. The Morgan fingerprint density at radius 3 is 1.86 bits per heavy atom. The smallest absolute Gasteiger partial charge is 0.406 e. The number of para-hydroxylation sites is 2. The van der Waals surface area contributed by atoms with Crippen LogP contribution in [-0.2, 0) is 0 Å². The number of anilines is 2. The number of halogens is 3. The molecule has 0 bridgehead atoms. The van der Waals surface area contributed by atoms with Crippen molar-refractivity contribution in [2.45, 2.75) is 44.5 Å². The summed E-state index contributed by atoms with van der Waals surface area (Å²) in [4.78, 5) is 60.6. The van der Waals surface area contributed by atoms with Crippen molar-refractivity contribution in [2.75, 3.05) is 36.0 Å². The maximum atomic E-state index is 12.5. The van der Waals surface area contributed by atoms with Crippen molar-refractivity contribution in [1.29, 1.82) is 0 Å². The normalized spacial score (nSPS) is 14.9. The largest absolute Gasteiger partial charge is 0.573 e. The maximum absolute atomic E-state index is 12.5. The van der Waals surface area contributed by atoms with Gasteiger partial charge in [-0.3, -0.25) is 14.2 Å². The van der Waals surface area contributed by atoms with Crippen LogP contribution in [0.1, 0.15) is 59.1 Å². The van der Waals surface area contributed by atoms with Crippen LogP contribution in [-0.4, -0.2) is 73.8 Å². The first-order valence-electron chi connectivity index (χ1n) is 18.4. The maximum Gasteiger partial charge on any atom is 0.573 e. The van der Waals surface area contributed by atoms with Crippen LogP contribution in [0.15, 0.2) is 95.8 Å². The zero-order valence-electron chi connectivity index (χ0n) is 30.7. The number of fused-ring (bicyclic) bond motifs is 1. The number of carbonyl (C=O) groups excluding carboxylic acids is 2. The predicted molar refractivity (Wildman–Crippen MR) is 208 cm³/mol. The van der Waals surface area contributed by atoms with Crippen molar-refractivity contribution in [1.82, 2.24) is 29.5 Å². The molecule has 3 aromatic carbocycles. The summed E-state index contributed by atoms with van der Waals surface area (Å²) in [6.07, 6.45) is -0.181. The summed E-state index contributed by atoms with van der Waals surface area (Å²) < 4.78 is 43.1. The van der Waals surface area contributed by atoms with Crippen molar-refractivity contribution in [3.63, 3.8) is 0 Å². The molecule has 2 amide bonds. The fourth-order valence-corrected chi connectivity index (χ4v) is 7.02. The number of amides is 2. The van der Waals surface area contributed by atoms with Crippen LogP contribution in [0, 0.1) is 0 Å². The monoisotopic (exact) mass is 780 g/mol. The average molecular weight is 781 g/mol. The highest BCUT2D eigenvalue weighted by Gasteiger charge is 2.31. The van der Waals surface area contributed by atoms with Gasteiger partial charge in [-0.2, -0.15) is 0 Å². The number of hydrogen-bond acceptors (Lipinski definition) is 10. The lowest BCUT2D eigenvalue weighted by Gasteiger charge is -2.32.